The maximum absolute atomic E-state index is 17.6. The topological polar surface area (TPSA) is 112 Å². The zero-order valence-corrected chi connectivity index (χ0v) is 36.7. The predicted octanol–water partition coefficient (Wildman–Crippen LogP) is 5.89. The van der Waals surface area contributed by atoms with Crippen LogP contribution in [0, 0.1) is 21.0 Å². The first kappa shape index (κ1) is 38.4. The van der Waals surface area contributed by atoms with Gasteiger partial charge in [0.2, 0.25) is 0 Å². The molecule has 9 rings (SSSR count). The number of amides is 1. The quantitative estimate of drug-likeness (QED) is 0.126. The van der Waals surface area contributed by atoms with Crippen molar-refractivity contribution in [2.24, 2.45) is 0 Å². The second-order valence-corrected chi connectivity index (χ2v) is 17.6. The SMILES string of the molecule is COCOc1cc(-c2nc3c4c(nc(OC[C@]56CCCN5C[C@H](F)C6)nc4c2F)N2C[C@@H]4CC[C@H]([C@@H]2CO3)N4C(=O)OC(C)(C)C)c2c(C#[C][Tl])c(F)ccc2c1. The Morgan fingerprint density at radius 3 is 2.72 bits per heavy atom. The van der Waals surface area contributed by atoms with Crippen LogP contribution in [0.15, 0.2) is 24.3 Å². The molecule has 1 amide bonds. The molecule has 0 saturated carbocycles. The van der Waals surface area contributed by atoms with Crippen molar-refractivity contribution in [3.8, 4) is 38.3 Å². The van der Waals surface area contributed by atoms with Gasteiger partial charge in [-0.25, -0.2) is 9.18 Å². The molecule has 0 aliphatic carbocycles. The molecular weight excluding hydrogens is 934 g/mol. The first-order valence-corrected chi connectivity index (χ1v) is 21.6. The number of carbonyl (C=O) groups is 1. The fraction of sp³-hybridized carbons (Fsp3) is 0.512. The summed E-state index contributed by atoms with van der Waals surface area (Å²) in [5.74, 6) is 2.38. The summed E-state index contributed by atoms with van der Waals surface area (Å²) in [7, 11) is 1.49. The summed E-state index contributed by atoms with van der Waals surface area (Å²) in [5.41, 5.74) is -1.11. The number of pyridine rings is 1. The number of anilines is 1. The Bertz CT molecular complexity index is 2350. The van der Waals surface area contributed by atoms with Crippen LogP contribution in [0.1, 0.15) is 58.4 Å². The van der Waals surface area contributed by atoms with E-state index < -0.39 is 41.1 Å². The summed E-state index contributed by atoms with van der Waals surface area (Å²) >= 11 is 0.263. The average Bonchev–Trinajstić information content (AvgIpc) is 3.78. The summed E-state index contributed by atoms with van der Waals surface area (Å²) in [6, 6.07) is 5.26. The van der Waals surface area contributed by atoms with Gasteiger partial charge in [-0.3, -0.25) is 9.80 Å². The van der Waals surface area contributed by atoms with Crippen molar-refractivity contribution in [2.45, 2.75) is 88.3 Å². The number of aromatic nitrogens is 3. The molecule has 2 aromatic heterocycles. The van der Waals surface area contributed by atoms with Crippen molar-refractivity contribution in [3.05, 3.63) is 41.5 Å². The summed E-state index contributed by atoms with van der Waals surface area (Å²) in [4.78, 5) is 34.1. The second-order valence-electron chi connectivity index (χ2n) is 16.5. The number of piperazine rings is 1. The monoisotopic (exact) mass is 976 g/mol. The molecule has 0 unspecified atom stereocenters. The summed E-state index contributed by atoms with van der Waals surface area (Å²) < 4.78 is 80.7. The number of ether oxygens (including phenoxy) is 5. The minimum atomic E-state index is -0.965. The van der Waals surface area contributed by atoms with Crippen LogP contribution in [0.3, 0.4) is 0 Å². The molecule has 296 valence electrons. The molecule has 4 saturated heterocycles. The third-order valence-electron chi connectivity index (χ3n) is 11.8. The molecule has 4 aromatic rings. The Hall–Kier alpha value is -4.15. The Balaban J connectivity index is 1.22. The number of nitrogens with zero attached hydrogens (tertiary/aromatic N) is 6. The molecule has 7 heterocycles. The number of halogens is 3. The van der Waals surface area contributed by atoms with E-state index in [9.17, 15) is 9.18 Å². The van der Waals surface area contributed by atoms with E-state index >= 15 is 8.78 Å². The average molecular weight is 976 g/mol. The Morgan fingerprint density at radius 1 is 1.09 bits per heavy atom. The zero-order chi connectivity index (χ0) is 39.8. The molecule has 5 aliphatic heterocycles. The predicted molar refractivity (Wildman–Crippen MR) is 205 cm³/mol. The summed E-state index contributed by atoms with van der Waals surface area (Å²) in [6.45, 7) is 7.17. The van der Waals surface area contributed by atoms with Crippen LogP contribution in [0.2, 0.25) is 0 Å². The van der Waals surface area contributed by atoms with Gasteiger partial charge < -0.3 is 4.74 Å². The first-order chi connectivity index (χ1) is 27.4. The van der Waals surface area contributed by atoms with Gasteiger partial charge in [-0.05, 0) is 53.0 Å². The third kappa shape index (κ3) is 6.68. The van der Waals surface area contributed by atoms with E-state index in [1.807, 2.05) is 25.7 Å². The van der Waals surface area contributed by atoms with E-state index in [0.29, 0.717) is 48.3 Å². The van der Waals surface area contributed by atoms with Crippen LogP contribution >= 0.6 is 0 Å². The molecule has 4 fully saturated rings. The van der Waals surface area contributed by atoms with Crippen molar-refractivity contribution >= 4 is 59.4 Å². The van der Waals surface area contributed by atoms with Crippen LogP contribution in [0.5, 0.6) is 17.6 Å². The van der Waals surface area contributed by atoms with Crippen molar-refractivity contribution < 1.29 is 41.7 Å². The fourth-order valence-electron chi connectivity index (χ4n) is 9.56. The van der Waals surface area contributed by atoms with Gasteiger partial charge in [0, 0.05) is 13.0 Å². The summed E-state index contributed by atoms with van der Waals surface area (Å²) in [6.07, 6.45) is 2.11. The number of fused-ring (bicyclic) bond motifs is 7. The van der Waals surface area contributed by atoms with Crippen LogP contribution in [-0.4, -0.2) is 139 Å². The molecule has 0 spiro atoms. The normalized spacial score (nSPS) is 25.1. The number of hydrogen-bond donors (Lipinski definition) is 0. The van der Waals surface area contributed by atoms with E-state index in [0.717, 1.165) is 25.8 Å². The second kappa shape index (κ2) is 14.6. The van der Waals surface area contributed by atoms with E-state index in [-0.39, 0.29) is 97.5 Å². The molecule has 0 radical (unpaired) electrons. The fourth-order valence-corrected chi connectivity index (χ4v) is 10.1. The van der Waals surface area contributed by atoms with Gasteiger partial charge in [-0.15, -0.1) is 0 Å². The van der Waals surface area contributed by atoms with Gasteiger partial charge in [0.1, 0.15) is 11.8 Å². The number of benzene rings is 2. The van der Waals surface area contributed by atoms with E-state index in [1.165, 1.54) is 13.2 Å². The molecular formula is C41H42F3N6O6Tl. The van der Waals surface area contributed by atoms with Gasteiger partial charge in [-0.1, -0.05) is 0 Å². The van der Waals surface area contributed by atoms with Gasteiger partial charge >= 0.3 is 232 Å². The number of alkyl halides is 1. The van der Waals surface area contributed by atoms with Crippen LogP contribution in [0.4, 0.5) is 23.8 Å². The van der Waals surface area contributed by atoms with Gasteiger partial charge in [0.15, 0.2) is 0 Å². The van der Waals surface area contributed by atoms with Crippen molar-refractivity contribution in [1.82, 2.24) is 24.8 Å². The molecule has 12 nitrogen and oxygen atoms in total. The number of methoxy groups -OCH3 is 1. The van der Waals surface area contributed by atoms with Crippen LogP contribution in [0.25, 0.3) is 32.9 Å². The van der Waals surface area contributed by atoms with Gasteiger partial charge in [0.25, 0.3) is 0 Å². The van der Waals surface area contributed by atoms with E-state index in [2.05, 4.69) is 19.2 Å². The minimum absolute atomic E-state index is 0.0674. The number of hydrogen-bond acceptors (Lipinski definition) is 11. The van der Waals surface area contributed by atoms with E-state index in [1.54, 1.807) is 18.2 Å². The number of carbonyl (C=O) groups excluding carboxylic acids is 1. The van der Waals surface area contributed by atoms with Crippen LogP contribution in [-0.2, 0) is 9.47 Å². The maximum atomic E-state index is 17.6. The molecule has 2 aromatic carbocycles. The molecule has 57 heavy (non-hydrogen) atoms. The van der Waals surface area contributed by atoms with Crippen molar-refractivity contribution in [3.63, 3.8) is 0 Å². The Labute approximate surface area is 344 Å². The van der Waals surface area contributed by atoms with E-state index in [4.69, 9.17) is 38.6 Å². The van der Waals surface area contributed by atoms with Crippen molar-refractivity contribution in [1.29, 1.82) is 0 Å². The Morgan fingerprint density at radius 2 is 1.93 bits per heavy atom. The van der Waals surface area contributed by atoms with Crippen molar-refractivity contribution in [2.75, 3.05) is 51.7 Å². The van der Waals surface area contributed by atoms with Gasteiger partial charge in [0.05, 0.1) is 11.6 Å². The van der Waals surface area contributed by atoms with Crippen LogP contribution < -0.4 is 19.1 Å². The molecule has 0 N–H and O–H groups in total. The molecule has 5 aliphatic rings. The first-order valence-electron chi connectivity index (χ1n) is 19.3. The molecule has 2 bridgehead atoms. The number of rotatable bonds is 7. The molecule has 5 atom stereocenters. The summed E-state index contributed by atoms with van der Waals surface area (Å²) in [5, 5.41) is 1.17. The standard InChI is InChI=1S/C41H42F3N6O6.Tl/c1-6-26-28(43)10-8-22-14-25(55-21-52-5)15-27(31(22)26)34-33(44)35-32-36(47-38(46-35)54-20-41-12-7-13-48(41)17-23(42)16-41)49-18-24-9-11-29(30(49)19-53-37(32)45-34)50(24)39(51)56-40(2,3)4;/h8,10,14-15,23-24,29-30H,7,9,11-13,16-21H2,2-5H3;/t23-,24+,29-,30+,41-;/m1./s1. The molecule has 16 heteroatoms. The van der Waals surface area contributed by atoms with Gasteiger partial charge in [-0.2, -0.15) is 0 Å². The Kier molecular flexibility index (Phi) is 9.83. The third-order valence-corrected chi connectivity index (χ3v) is 12.4. The zero-order valence-electron chi connectivity index (χ0n) is 32.2.